The van der Waals surface area contributed by atoms with Crippen molar-refractivity contribution in [3.63, 3.8) is 0 Å². The highest BCUT2D eigenvalue weighted by Gasteiger charge is 2.18. The number of rotatable bonds is 5. The van der Waals surface area contributed by atoms with Crippen LogP contribution in [-0.4, -0.2) is 33.2 Å². The van der Waals surface area contributed by atoms with E-state index in [1.807, 2.05) is 0 Å². The average Bonchev–Trinajstić information content (AvgIpc) is 2.82. The topological polar surface area (TPSA) is 116 Å². The number of hydrogen-bond donors (Lipinski definition) is 1. The summed E-state index contributed by atoms with van der Waals surface area (Å²) in [5, 5.41) is 17.5. The van der Waals surface area contributed by atoms with Gasteiger partial charge < -0.3 is 10.1 Å². The molecule has 0 aliphatic heterocycles. The van der Waals surface area contributed by atoms with Gasteiger partial charge in [0.2, 0.25) is 0 Å². The van der Waals surface area contributed by atoms with Gasteiger partial charge in [0.1, 0.15) is 5.82 Å². The van der Waals surface area contributed by atoms with E-state index in [0.717, 1.165) is 11.8 Å². The molecule has 24 heavy (non-hydrogen) atoms. The second-order valence-electron chi connectivity index (χ2n) is 4.84. The zero-order chi connectivity index (χ0) is 17.9. The van der Waals surface area contributed by atoms with E-state index in [0.29, 0.717) is 5.82 Å². The van der Waals surface area contributed by atoms with Crippen molar-refractivity contribution in [2.75, 3.05) is 11.9 Å². The molecule has 0 atom stereocenters. The normalized spacial score (nSPS) is 10.3. The molecule has 1 amide bonds. The molecular formula is C14H13BrN4O5. The van der Waals surface area contributed by atoms with Crippen LogP contribution in [0.2, 0.25) is 0 Å². The quantitative estimate of drug-likeness (QED) is 0.470. The summed E-state index contributed by atoms with van der Waals surface area (Å²) in [6.45, 7) is 1.25. The first kappa shape index (κ1) is 17.6. The summed E-state index contributed by atoms with van der Waals surface area (Å²) in [7, 11) is 1.66. The van der Waals surface area contributed by atoms with Crippen LogP contribution in [0.3, 0.4) is 0 Å². The van der Waals surface area contributed by atoms with E-state index in [2.05, 4.69) is 26.3 Å². The Kier molecular flexibility index (Phi) is 5.29. The molecule has 0 fully saturated rings. The molecule has 0 aliphatic carbocycles. The molecular weight excluding hydrogens is 384 g/mol. The second-order valence-corrected chi connectivity index (χ2v) is 5.70. The number of benzene rings is 1. The van der Waals surface area contributed by atoms with Crippen LogP contribution in [0.4, 0.5) is 11.5 Å². The number of halogens is 1. The number of esters is 1. The molecule has 10 heteroatoms. The number of hydrogen-bond acceptors (Lipinski definition) is 6. The molecule has 9 nitrogen and oxygen atoms in total. The van der Waals surface area contributed by atoms with E-state index in [9.17, 15) is 19.7 Å². The van der Waals surface area contributed by atoms with Gasteiger partial charge in [-0.05, 0) is 35.0 Å². The zero-order valence-corrected chi connectivity index (χ0v) is 14.4. The van der Waals surface area contributed by atoms with Crippen molar-refractivity contribution in [1.82, 2.24) is 9.78 Å². The number of carbonyl (C=O) groups is 2. The number of ether oxygens (including phenoxy) is 1. The Hall–Kier alpha value is -2.75. The lowest BCUT2D eigenvalue weighted by molar-refractivity contribution is -0.385. The van der Waals surface area contributed by atoms with Crippen LogP contribution in [0.1, 0.15) is 16.1 Å². The molecule has 1 N–H and O–H groups in total. The molecule has 0 aliphatic rings. The van der Waals surface area contributed by atoms with Crippen molar-refractivity contribution in [2.24, 2.45) is 7.05 Å². The third kappa shape index (κ3) is 4.16. The number of amides is 1. The summed E-state index contributed by atoms with van der Waals surface area (Å²) in [5.41, 5.74) is 0.445. The van der Waals surface area contributed by atoms with Gasteiger partial charge in [-0.3, -0.25) is 19.6 Å². The number of nitrogens with one attached hydrogen (secondary N) is 1. The molecule has 1 heterocycles. The Morgan fingerprint density at radius 1 is 1.42 bits per heavy atom. The third-order valence-electron chi connectivity index (χ3n) is 2.98. The van der Waals surface area contributed by atoms with Crippen LogP contribution in [0, 0.1) is 17.0 Å². The van der Waals surface area contributed by atoms with Crippen LogP contribution in [-0.2, 0) is 16.6 Å². The van der Waals surface area contributed by atoms with E-state index >= 15 is 0 Å². The Bertz CT molecular complexity index is 817. The number of carbonyl (C=O) groups excluding carboxylic acids is 2. The van der Waals surface area contributed by atoms with Crippen molar-refractivity contribution in [3.05, 3.63) is 50.1 Å². The molecule has 0 bridgehead atoms. The Balaban J connectivity index is 1.98. The lowest BCUT2D eigenvalue weighted by Gasteiger charge is -2.07. The largest absolute Gasteiger partial charge is 0.452 e. The smallest absolute Gasteiger partial charge is 0.338 e. The van der Waals surface area contributed by atoms with Gasteiger partial charge in [-0.25, -0.2) is 4.79 Å². The number of anilines is 1. The van der Waals surface area contributed by atoms with E-state index < -0.39 is 23.4 Å². The first-order valence-electron chi connectivity index (χ1n) is 6.69. The lowest BCUT2D eigenvalue weighted by atomic mass is 10.2. The predicted molar refractivity (Wildman–Crippen MR) is 87.7 cm³/mol. The minimum Gasteiger partial charge on any atom is -0.452 e. The molecule has 0 saturated heterocycles. The van der Waals surface area contributed by atoms with Crippen molar-refractivity contribution in [2.45, 2.75) is 6.92 Å². The van der Waals surface area contributed by atoms with Gasteiger partial charge in [0.05, 0.1) is 20.7 Å². The molecule has 1 aromatic heterocycles. The minimum atomic E-state index is -0.832. The molecule has 0 radical (unpaired) electrons. The molecule has 0 saturated carbocycles. The van der Waals surface area contributed by atoms with E-state index in [-0.39, 0.29) is 15.7 Å². The second kappa shape index (κ2) is 7.21. The zero-order valence-electron chi connectivity index (χ0n) is 12.8. The summed E-state index contributed by atoms with van der Waals surface area (Å²) >= 11 is 3.02. The Morgan fingerprint density at radius 3 is 2.71 bits per heavy atom. The monoisotopic (exact) mass is 396 g/mol. The highest BCUT2D eigenvalue weighted by molar-refractivity contribution is 9.10. The molecule has 126 valence electrons. The van der Waals surface area contributed by atoms with Crippen molar-refractivity contribution >= 4 is 39.3 Å². The van der Waals surface area contributed by atoms with Crippen molar-refractivity contribution in [1.29, 1.82) is 0 Å². The maximum Gasteiger partial charge on any atom is 0.338 e. The van der Waals surface area contributed by atoms with Gasteiger partial charge in [0.25, 0.3) is 11.6 Å². The van der Waals surface area contributed by atoms with Gasteiger partial charge in [0.15, 0.2) is 6.61 Å². The SMILES string of the molecule is Cc1cc(NC(=O)COC(=O)c2ccc(Br)c([N+](=O)[O-])c2)n(C)n1. The summed E-state index contributed by atoms with van der Waals surface area (Å²) < 4.78 is 6.59. The van der Waals surface area contributed by atoms with Crippen LogP contribution >= 0.6 is 15.9 Å². The minimum absolute atomic E-state index is 0.0194. The maximum atomic E-state index is 11.9. The number of nitrogens with zero attached hydrogens (tertiary/aromatic N) is 3. The average molecular weight is 397 g/mol. The van der Waals surface area contributed by atoms with Crippen LogP contribution < -0.4 is 5.32 Å². The van der Waals surface area contributed by atoms with E-state index in [4.69, 9.17) is 4.74 Å². The number of nitro benzene ring substituents is 1. The summed E-state index contributed by atoms with van der Waals surface area (Å²) in [5.74, 6) is -0.910. The van der Waals surface area contributed by atoms with Crippen LogP contribution in [0.15, 0.2) is 28.7 Å². The van der Waals surface area contributed by atoms with Crippen LogP contribution in [0.25, 0.3) is 0 Å². The van der Waals surface area contributed by atoms with Crippen molar-refractivity contribution < 1.29 is 19.2 Å². The third-order valence-corrected chi connectivity index (χ3v) is 3.65. The Morgan fingerprint density at radius 2 is 2.12 bits per heavy atom. The lowest BCUT2D eigenvalue weighted by Crippen LogP contribution is -2.22. The molecule has 2 aromatic rings. The highest BCUT2D eigenvalue weighted by atomic mass is 79.9. The number of aryl methyl sites for hydroxylation is 2. The molecule has 0 spiro atoms. The molecule has 0 unspecified atom stereocenters. The van der Waals surface area contributed by atoms with Gasteiger partial charge in [-0.15, -0.1) is 0 Å². The van der Waals surface area contributed by atoms with Gasteiger partial charge >= 0.3 is 5.97 Å². The predicted octanol–water partition coefficient (Wildman–Crippen LogP) is 2.19. The van der Waals surface area contributed by atoms with Gasteiger partial charge in [0, 0.05) is 19.2 Å². The Labute approximate surface area is 144 Å². The summed E-state index contributed by atoms with van der Waals surface area (Å²) in [6, 6.07) is 5.47. The van der Waals surface area contributed by atoms with E-state index in [1.54, 1.807) is 20.0 Å². The standard InChI is InChI=1S/C14H13BrN4O5/c1-8-5-12(18(2)17-8)16-13(20)7-24-14(21)9-3-4-10(15)11(6-9)19(22)23/h3-6H,7H2,1-2H3,(H,16,20). The van der Waals surface area contributed by atoms with Gasteiger partial charge in [-0.2, -0.15) is 5.10 Å². The first-order valence-corrected chi connectivity index (χ1v) is 7.49. The van der Waals surface area contributed by atoms with Crippen LogP contribution in [0.5, 0.6) is 0 Å². The fourth-order valence-corrected chi connectivity index (χ4v) is 2.29. The maximum absolute atomic E-state index is 11.9. The van der Waals surface area contributed by atoms with Gasteiger partial charge in [-0.1, -0.05) is 0 Å². The highest BCUT2D eigenvalue weighted by Crippen LogP contribution is 2.25. The molecule has 1 aromatic carbocycles. The fourth-order valence-electron chi connectivity index (χ4n) is 1.90. The van der Waals surface area contributed by atoms with E-state index in [1.165, 1.54) is 16.8 Å². The number of nitro groups is 1. The number of aromatic nitrogens is 2. The summed E-state index contributed by atoms with van der Waals surface area (Å²) in [4.78, 5) is 33.9. The first-order chi connectivity index (χ1) is 11.3. The fraction of sp³-hybridized carbons (Fsp3) is 0.214. The molecule has 2 rings (SSSR count). The van der Waals surface area contributed by atoms with Crippen molar-refractivity contribution in [3.8, 4) is 0 Å². The summed E-state index contributed by atoms with van der Waals surface area (Å²) in [6.07, 6.45) is 0.